The van der Waals surface area contributed by atoms with Crippen molar-refractivity contribution < 1.29 is 14.3 Å². The number of carbonyl (C=O) groups is 1. The Bertz CT molecular complexity index is 1310. The number of rotatable bonds is 9. The number of aryl methyl sites for hydroxylation is 2. The molecule has 6 heteroatoms. The monoisotopic (exact) mass is 471 g/mol. The number of hydrogen-bond donors (Lipinski definition) is 1. The van der Waals surface area contributed by atoms with Gasteiger partial charge in [-0.1, -0.05) is 0 Å². The van der Waals surface area contributed by atoms with Crippen LogP contribution >= 0.6 is 0 Å². The molecule has 0 saturated carbocycles. The Hall–Kier alpha value is -3.77. The second-order valence-electron chi connectivity index (χ2n) is 9.01. The lowest BCUT2D eigenvalue weighted by molar-refractivity contribution is 0.102. The number of ether oxygens (including phenoxy) is 2. The van der Waals surface area contributed by atoms with E-state index >= 15 is 0 Å². The fourth-order valence-corrected chi connectivity index (χ4v) is 4.21. The standard InChI is InChI=1S/C29H33N3O3/c1-20-21(2)32(18-6-17-31(3)4)28-16-15-26(19-27(20)28)35-25-11-7-22(8-12-25)29(33)30-23-9-13-24(34-5)14-10-23/h7-16,19H,6,17-18H2,1-5H3,(H,30,33). The first-order chi connectivity index (χ1) is 16.9. The third-order valence-electron chi connectivity index (χ3n) is 6.30. The zero-order valence-corrected chi connectivity index (χ0v) is 21.1. The van der Waals surface area contributed by atoms with E-state index < -0.39 is 0 Å². The van der Waals surface area contributed by atoms with Crippen LogP contribution in [0.25, 0.3) is 10.9 Å². The predicted molar refractivity (Wildman–Crippen MR) is 142 cm³/mol. The quantitative estimate of drug-likeness (QED) is 0.313. The lowest BCUT2D eigenvalue weighted by atomic mass is 10.1. The van der Waals surface area contributed by atoms with Crippen LogP contribution in [0, 0.1) is 13.8 Å². The van der Waals surface area contributed by atoms with Gasteiger partial charge in [0.15, 0.2) is 0 Å². The largest absolute Gasteiger partial charge is 0.497 e. The lowest BCUT2D eigenvalue weighted by Crippen LogP contribution is -2.15. The van der Waals surface area contributed by atoms with E-state index in [1.807, 2.05) is 42.5 Å². The van der Waals surface area contributed by atoms with Gasteiger partial charge >= 0.3 is 0 Å². The van der Waals surface area contributed by atoms with Gasteiger partial charge in [0.25, 0.3) is 5.91 Å². The number of fused-ring (bicyclic) bond motifs is 1. The number of carbonyl (C=O) groups excluding carboxylic acids is 1. The molecule has 0 bridgehead atoms. The highest BCUT2D eigenvalue weighted by molar-refractivity contribution is 6.04. The van der Waals surface area contributed by atoms with Gasteiger partial charge in [0, 0.05) is 34.4 Å². The molecule has 4 rings (SSSR count). The van der Waals surface area contributed by atoms with Crippen LogP contribution in [0.15, 0.2) is 66.7 Å². The summed E-state index contributed by atoms with van der Waals surface area (Å²) < 4.78 is 13.7. The Kier molecular flexibility index (Phi) is 7.42. The smallest absolute Gasteiger partial charge is 0.255 e. The van der Waals surface area contributed by atoms with Crippen molar-refractivity contribution in [3.63, 3.8) is 0 Å². The van der Waals surface area contributed by atoms with Gasteiger partial charge in [-0.2, -0.15) is 0 Å². The van der Waals surface area contributed by atoms with Crippen LogP contribution in [-0.2, 0) is 6.54 Å². The molecule has 0 spiro atoms. The first-order valence-electron chi connectivity index (χ1n) is 11.8. The Morgan fingerprint density at radius 3 is 2.23 bits per heavy atom. The van der Waals surface area contributed by atoms with Gasteiger partial charge in [-0.05, 0) is 113 Å². The van der Waals surface area contributed by atoms with Gasteiger partial charge in [-0.15, -0.1) is 0 Å². The van der Waals surface area contributed by atoms with Crippen LogP contribution in [0.4, 0.5) is 5.69 Å². The molecule has 0 radical (unpaired) electrons. The minimum absolute atomic E-state index is 0.176. The van der Waals surface area contributed by atoms with Gasteiger partial charge in [0.05, 0.1) is 7.11 Å². The highest BCUT2D eigenvalue weighted by Gasteiger charge is 2.13. The van der Waals surface area contributed by atoms with Crippen molar-refractivity contribution in [1.29, 1.82) is 0 Å². The van der Waals surface area contributed by atoms with E-state index in [-0.39, 0.29) is 5.91 Å². The Balaban J connectivity index is 1.44. The summed E-state index contributed by atoms with van der Waals surface area (Å²) in [5, 5.41) is 4.10. The maximum atomic E-state index is 12.6. The molecule has 0 aliphatic carbocycles. The van der Waals surface area contributed by atoms with Crippen LogP contribution in [0.2, 0.25) is 0 Å². The van der Waals surface area contributed by atoms with Crippen molar-refractivity contribution >= 4 is 22.5 Å². The molecule has 1 heterocycles. The average Bonchev–Trinajstić information content (AvgIpc) is 3.09. The fraction of sp³-hybridized carbons (Fsp3) is 0.276. The molecule has 1 N–H and O–H groups in total. The number of amides is 1. The van der Waals surface area contributed by atoms with Crippen LogP contribution in [0.5, 0.6) is 17.2 Å². The van der Waals surface area contributed by atoms with Crippen LogP contribution < -0.4 is 14.8 Å². The van der Waals surface area contributed by atoms with Crippen molar-refractivity contribution in [2.24, 2.45) is 0 Å². The van der Waals surface area contributed by atoms with E-state index in [0.29, 0.717) is 17.0 Å². The molecular formula is C29H33N3O3. The Labute approximate surface area is 207 Å². The molecule has 1 aromatic heterocycles. The second kappa shape index (κ2) is 10.7. The third-order valence-corrected chi connectivity index (χ3v) is 6.30. The molecule has 6 nitrogen and oxygen atoms in total. The van der Waals surface area contributed by atoms with Gasteiger partial charge in [-0.3, -0.25) is 4.79 Å². The van der Waals surface area contributed by atoms with E-state index in [1.54, 1.807) is 19.2 Å². The minimum atomic E-state index is -0.176. The maximum Gasteiger partial charge on any atom is 0.255 e. The molecular weight excluding hydrogens is 438 g/mol. The summed E-state index contributed by atoms with van der Waals surface area (Å²) >= 11 is 0. The molecule has 0 saturated heterocycles. The van der Waals surface area contributed by atoms with Crippen LogP contribution in [0.1, 0.15) is 28.0 Å². The molecule has 0 atom stereocenters. The zero-order valence-electron chi connectivity index (χ0n) is 21.1. The van der Waals surface area contributed by atoms with Gasteiger partial charge < -0.3 is 24.3 Å². The molecule has 35 heavy (non-hydrogen) atoms. The van der Waals surface area contributed by atoms with Gasteiger partial charge in [0.1, 0.15) is 17.2 Å². The summed E-state index contributed by atoms with van der Waals surface area (Å²) in [5.41, 5.74) is 5.08. The average molecular weight is 472 g/mol. The van der Waals surface area contributed by atoms with Gasteiger partial charge in [-0.25, -0.2) is 0 Å². The topological polar surface area (TPSA) is 55.7 Å². The molecule has 0 aliphatic heterocycles. The van der Waals surface area contributed by atoms with E-state index in [1.165, 1.54) is 22.2 Å². The van der Waals surface area contributed by atoms with Crippen LogP contribution in [0.3, 0.4) is 0 Å². The number of nitrogens with zero attached hydrogens (tertiary/aromatic N) is 2. The number of benzene rings is 3. The fourth-order valence-electron chi connectivity index (χ4n) is 4.21. The normalized spacial score (nSPS) is 11.1. The number of aromatic nitrogens is 1. The molecule has 182 valence electrons. The summed E-state index contributed by atoms with van der Waals surface area (Å²) in [6.45, 7) is 6.41. The maximum absolute atomic E-state index is 12.6. The predicted octanol–water partition coefficient (Wildman–Crippen LogP) is 6.26. The second-order valence-corrected chi connectivity index (χ2v) is 9.01. The van der Waals surface area contributed by atoms with Gasteiger partial charge in [0.2, 0.25) is 0 Å². The summed E-state index contributed by atoms with van der Waals surface area (Å²) in [6, 6.07) is 20.7. The third kappa shape index (κ3) is 5.66. The molecule has 1 amide bonds. The number of anilines is 1. The molecule has 0 unspecified atom stereocenters. The summed E-state index contributed by atoms with van der Waals surface area (Å²) in [6.07, 6.45) is 1.10. The van der Waals surface area contributed by atoms with E-state index in [0.717, 1.165) is 31.0 Å². The summed E-state index contributed by atoms with van der Waals surface area (Å²) in [5.74, 6) is 2.03. The summed E-state index contributed by atoms with van der Waals surface area (Å²) in [7, 11) is 5.83. The Morgan fingerprint density at radius 2 is 1.57 bits per heavy atom. The van der Waals surface area contributed by atoms with E-state index in [9.17, 15) is 4.79 Å². The molecule has 4 aromatic rings. The lowest BCUT2D eigenvalue weighted by Gasteiger charge is -2.12. The van der Waals surface area contributed by atoms with Crippen molar-refractivity contribution in [3.05, 3.63) is 83.6 Å². The molecule has 0 fully saturated rings. The van der Waals surface area contributed by atoms with Crippen molar-refractivity contribution in [1.82, 2.24) is 9.47 Å². The first-order valence-corrected chi connectivity index (χ1v) is 11.8. The molecule has 3 aromatic carbocycles. The van der Waals surface area contributed by atoms with Crippen LogP contribution in [-0.4, -0.2) is 43.1 Å². The highest BCUT2D eigenvalue weighted by Crippen LogP contribution is 2.31. The first kappa shape index (κ1) is 24.4. The number of methoxy groups -OCH3 is 1. The minimum Gasteiger partial charge on any atom is -0.497 e. The van der Waals surface area contributed by atoms with E-state index in [4.69, 9.17) is 9.47 Å². The number of nitrogens with one attached hydrogen (secondary N) is 1. The Morgan fingerprint density at radius 1 is 0.914 bits per heavy atom. The summed E-state index contributed by atoms with van der Waals surface area (Å²) in [4.78, 5) is 14.8. The molecule has 0 aliphatic rings. The SMILES string of the molecule is COc1ccc(NC(=O)c2ccc(Oc3ccc4c(c3)c(C)c(C)n4CCCN(C)C)cc2)cc1. The highest BCUT2D eigenvalue weighted by atomic mass is 16.5. The van der Waals surface area contributed by atoms with E-state index in [2.05, 4.69) is 54.9 Å². The van der Waals surface area contributed by atoms with Crippen molar-refractivity contribution in [2.45, 2.75) is 26.8 Å². The van der Waals surface area contributed by atoms with Crippen molar-refractivity contribution in [2.75, 3.05) is 33.1 Å². The zero-order chi connectivity index (χ0) is 24.9. The van der Waals surface area contributed by atoms with Crippen molar-refractivity contribution in [3.8, 4) is 17.2 Å². The number of hydrogen-bond acceptors (Lipinski definition) is 4.